The molecule has 2 aromatic carbocycles. The molecular formula is C19H19F6N3O4S. The largest absolute Gasteiger partial charge is 0.456 e. The van der Waals surface area contributed by atoms with E-state index in [-0.39, 0.29) is 24.8 Å². The summed E-state index contributed by atoms with van der Waals surface area (Å²) in [5.41, 5.74) is -3.20. The van der Waals surface area contributed by atoms with Crippen LogP contribution in [-0.2, 0) is 22.4 Å². The minimum absolute atomic E-state index is 0.0103. The van der Waals surface area contributed by atoms with Gasteiger partial charge in [-0.15, -0.1) is 0 Å². The molecule has 0 atom stereocenters. The third-order valence-corrected chi connectivity index (χ3v) is 6.70. The van der Waals surface area contributed by atoms with Gasteiger partial charge in [0.2, 0.25) is 10.0 Å². The van der Waals surface area contributed by atoms with E-state index < -0.39 is 49.9 Å². The van der Waals surface area contributed by atoms with E-state index in [1.807, 2.05) is 0 Å². The smallest absolute Gasteiger partial charge is 0.416 e. The summed E-state index contributed by atoms with van der Waals surface area (Å²) >= 11 is 0. The van der Waals surface area contributed by atoms with Crippen molar-refractivity contribution in [3.8, 4) is 11.5 Å². The van der Waals surface area contributed by atoms with Crippen molar-refractivity contribution in [2.75, 3.05) is 38.3 Å². The van der Waals surface area contributed by atoms with Crippen molar-refractivity contribution in [1.29, 1.82) is 0 Å². The number of piperazine rings is 1. The van der Waals surface area contributed by atoms with Crippen LogP contribution in [0.2, 0.25) is 0 Å². The van der Waals surface area contributed by atoms with E-state index in [1.165, 1.54) is 13.1 Å². The summed E-state index contributed by atoms with van der Waals surface area (Å²) < 4.78 is 112. The highest BCUT2D eigenvalue weighted by Crippen LogP contribution is 2.40. The number of benzene rings is 2. The van der Waals surface area contributed by atoms with Gasteiger partial charge in [-0.25, -0.2) is 8.42 Å². The Bertz CT molecular complexity index is 1080. The Hall–Kier alpha value is -2.55. The van der Waals surface area contributed by atoms with Crippen molar-refractivity contribution < 1.29 is 44.7 Å². The van der Waals surface area contributed by atoms with Crippen LogP contribution in [-0.4, -0.2) is 51.2 Å². The zero-order valence-electron chi connectivity index (χ0n) is 17.0. The molecule has 0 aromatic heterocycles. The Morgan fingerprint density at radius 3 is 2.00 bits per heavy atom. The molecule has 1 aliphatic rings. The predicted octanol–water partition coefficient (Wildman–Crippen LogP) is 3.94. The maximum Gasteiger partial charge on any atom is 0.416 e. The lowest BCUT2D eigenvalue weighted by Gasteiger charge is -2.27. The van der Waals surface area contributed by atoms with Gasteiger partial charge in [0.15, 0.2) is 0 Å². The highest BCUT2D eigenvalue weighted by Gasteiger charge is 2.37. The minimum Gasteiger partial charge on any atom is -0.456 e. The zero-order valence-corrected chi connectivity index (χ0v) is 17.9. The van der Waals surface area contributed by atoms with Crippen molar-refractivity contribution in [3.63, 3.8) is 0 Å². The second-order valence-electron chi connectivity index (χ2n) is 7.15. The molecule has 1 fully saturated rings. The average molecular weight is 499 g/mol. The lowest BCUT2D eigenvalue weighted by atomic mass is 10.1. The van der Waals surface area contributed by atoms with E-state index in [0.29, 0.717) is 30.3 Å². The molecule has 14 heteroatoms. The second kappa shape index (κ2) is 9.00. The summed E-state index contributed by atoms with van der Waals surface area (Å²) in [5.74, 6) is -1.34. The monoisotopic (exact) mass is 499 g/mol. The fraction of sp³-hybridized carbons (Fsp3) is 0.368. The number of nitrogens with one attached hydrogen (secondary N) is 1. The Labute approximate surface area is 185 Å². The average Bonchev–Trinajstić information content (AvgIpc) is 2.73. The maximum atomic E-state index is 13.2. The molecule has 3 rings (SSSR count). The van der Waals surface area contributed by atoms with Crippen molar-refractivity contribution >= 4 is 15.7 Å². The zero-order chi connectivity index (χ0) is 24.6. The maximum absolute atomic E-state index is 13.2. The predicted molar refractivity (Wildman–Crippen MR) is 105 cm³/mol. The first-order valence-electron chi connectivity index (χ1n) is 9.44. The molecule has 1 aliphatic heterocycles. The first-order valence-corrected chi connectivity index (χ1v) is 10.9. The van der Waals surface area contributed by atoms with Gasteiger partial charge >= 0.3 is 12.4 Å². The van der Waals surface area contributed by atoms with Crippen molar-refractivity contribution in [1.82, 2.24) is 9.62 Å². The molecular weight excluding hydrogens is 480 g/mol. The van der Waals surface area contributed by atoms with Gasteiger partial charge < -0.3 is 10.1 Å². The lowest BCUT2D eigenvalue weighted by molar-refractivity contribution is -0.143. The van der Waals surface area contributed by atoms with Crippen LogP contribution in [0.25, 0.3) is 0 Å². The molecule has 0 spiro atoms. The number of hydrogen-bond acceptors (Lipinski definition) is 6. The first-order chi connectivity index (χ1) is 15.2. The van der Waals surface area contributed by atoms with Gasteiger partial charge in [0.25, 0.3) is 0 Å². The number of anilines is 1. The summed E-state index contributed by atoms with van der Waals surface area (Å²) in [6.07, 6.45) is -10.2. The third-order valence-electron chi connectivity index (χ3n) is 4.78. The number of nitrogens with zero attached hydrogens (tertiary/aromatic N) is 2. The molecule has 7 nitrogen and oxygen atoms in total. The molecule has 0 unspecified atom stereocenters. The van der Waals surface area contributed by atoms with Gasteiger partial charge in [0, 0.05) is 33.2 Å². The van der Waals surface area contributed by atoms with Crippen LogP contribution in [0.3, 0.4) is 0 Å². The number of hydroxylamine groups is 1. The van der Waals surface area contributed by atoms with E-state index in [9.17, 15) is 40.0 Å². The highest BCUT2D eigenvalue weighted by atomic mass is 32.2. The van der Waals surface area contributed by atoms with E-state index in [0.717, 1.165) is 16.4 Å². The normalized spacial score (nSPS) is 16.0. The Kier molecular flexibility index (Phi) is 6.84. The van der Waals surface area contributed by atoms with Crippen molar-refractivity contribution in [2.24, 2.45) is 0 Å². The topological polar surface area (TPSA) is 82.1 Å². The molecule has 0 radical (unpaired) electrons. The fourth-order valence-electron chi connectivity index (χ4n) is 3.12. The number of halogens is 6. The van der Waals surface area contributed by atoms with Crippen LogP contribution in [0.4, 0.5) is 32.0 Å². The molecule has 0 aliphatic carbocycles. The van der Waals surface area contributed by atoms with E-state index in [2.05, 4.69) is 5.32 Å². The first kappa shape index (κ1) is 25.1. The molecule has 182 valence electrons. The van der Waals surface area contributed by atoms with Crippen LogP contribution in [0.5, 0.6) is 11.5 Å². The van der Waals surface area contributed by atoms with Crippen LogP contribution in [0.1, 0.15) is 11.1 Å². The Morgan fingerprint density at radius 1 is 0.970 bits per heavy atom. The van der Waals surface area contributed by atoms with Gasteiger partial charge in [-0.3, -0.25) is 10.3 Å². The Balaban J connectivity index is 2.12. The summed E-state index contributed by atoms with van der Waals surface area (Å²) in [4.78, 5) is -0.520. The fourth-order valence-corrected chi connectivity index (χ4v) is 4.70. The van der Waals surface area contributed by atoms with Crippen LogP contribution in [0.15, 0.2) is 41.3 Å². The summed E-state index contributed by atoms with van der Waals surface area (Å²) in [6, 6.07) is 3.90. The third kappa shape index (κ3) is 5.69. The van der Waals surface area contributed by atoms with E-state index in [1.54, 1.807) is 0 Å². The molecule has 2 aromatic rings. The van der Waals surface area contributed by atoms with Gasteiger partial charge in [-0.2, -0.15) is 30.6 Å². The standard InChI is InChI=1S/C19H19F6N3O4S/c1-27(29)14-2-3-16(17(11-14)33(30,31)28-6-4-26-5-7-28)32-15-9-12(18(20,21)22)8-13(10-15)19(23,24)25/h2-3,8-11,26,29H,4-7H2,1H3. The molecule has 0 bridgehead atoms. The molecule has 0 saturated carbocycles. The minimum atomic E-state index is -5.10. The number of alkyl halides is 6. The van der Waals surface area contributed by atoms with E-state index >= 15 is 0 Å². The quantitative estimate of drug-likeness (QED) is 0.479. The van der Waals surface area contributed by atoms with Crippen LogP contribution >= 0.6 is 0 Å². The number of hydrogen-bond donors (Lipinski definition) is 2. The molecule has 0 amide bonds. The van der Waals surface area contributed by atoms with Crippen LogP contribution in [0, 0.1) is 0 Å². The summed E-state index contributed by atoms with van der Waals surface area (Å²) in [6.45, 7) is 0.862. The second-order valence-corrected chi connectivity index (χ2v) is 9.06. The van der Waals surface area contributed by atoms with Crippen molar-refractivity contribution in [3.05, 3.63) is 47.5 Å². The summed E-state index contributed by atoms with van der Waals surface area (Å²) in [5, 5.41) is 13.2. The van der Waals surface area contributed by atoms with Gasteiger partial charge in [0.05, 0.1) is 16.8 Å². The molecule has 1 heterocycles. The number of ether oxygens (including phenoxy) is 1. The van der Waals surface area contributed by atoms with Gasteiger partial charge in [-0.05, 0) is 36.4 Å². The van der Waals surface area contributed by atoms with Crippen molar-refractivity contribution in [2.45, 2.75) is 17.2 Å². The van der Waals surface area contributed by atoms with E-state index in [4.69, 9.17) is 4.74 Å². The number of rotatable bonds is 5. The van der Waals surface area contributed by atoms with Gasteiger partial charge in [-0.1, -0.05) is 0 Å². The molecule has 2 N–H and O–H groups in total. The summed E-state index contributed by atoms with van der Waals surface area (Å²) in [7, 11) is -3.05. The lowest BCUT2D eigenvalue weighted by Crippen LogP contribution is -2.46. The Morgan fingerprint density at radius 2 is 1.52 bits per heavy atom. The highest BCUT2D eigenvalue weighted by molar-refractivity contribution is 7.89. The molecule has 1 saturated heterocycles. The number of sulfonamides is 1. The van der Waals surface area contributed by atoms with Crippen LogP contribution < -0.4 is 15.1 Å². The van der Waals surface area contributed by atoms with Gasteiger partial charge in [0.1, 0.15) is 16.4 Å². The SMILES string of the molecule is CN(O)c1ccc(Oc2cc(C(F)(F)F)cc(C(F)(F)F)c2)c(S(=O)(=O)N2CCNCC2)c1. The molecule has 33 heavy (non-hydrogen) atoms.